The van der Waals surface area contributed by atoms with Crippen LogP contribution in [0.5, 0.6) is 0 Å². The van der Waals surface area contributed by atoms with E-state index in [1.807, 2.05) is 6.07 Å². The fourth-order valence-corrected chi connectivity index (χ4v) is 3.99. The highest BCUT2D eigenvalue weighted by Crippen LogP contribution is 2.37. The fraction of sp³-hybridized carbons (Fsp3) is 0.0909. The van der Waals surface area contributed by atoms with Crippen molar-refractivity contribution in [3.05, 3.63) is 55.1 Å². The van der Waals surface area contributed by atoms with E-state index in [2.05, 4.69) is 76.7 Å². The van der Waals surface area contributed by atoms with Crippen molar-refractivity contribution >= 4 is 59.1 Å². The van der Waals surface area contributed by atoms with Crippen molar-refractivity contribution in [2.45, 2.75) is 4.83 Å². The van der Waals surface area contributed by atoms with Gasteiger partial charge in [0.2, 0.25) is 0 Å². The Morgan fingerprint density at radius 2 is 1.93 bits per heavy atom. The number of hydrogen-bond acceptors (Lipinski definition) is 1. The van der Waals surface area contributed by atoms with Gasteiger partial charge >= 0.3 is 0 Å². The van der Waals surface area contributed by atoms with Gasteiger partial charge in [-0.3, -0.25) is 0 Å². The molecule has 0 radical (unpaired) electrons. The first-order chi connectivity index (χ1) is 7.18. The van der Waals surface area contributed by atoms with E-state index in [4.69, 9.17) is 0 Å². The van der Waals surface area contributed by atoms with E-state index in [1.54, 1.807) is 11.3 Å². The van der Waals surface area contributed by atoms with Crippen molar-refractivity contribution in [2.24, 2.45) is 0 Å². The molecule has 0 bridgehead atoms. The minimum Gasteiger partial charge on any atom is -0.152 e. The minimum atomic E-state index is 0.246. The molecule has 0 fully saturated rings. The van der Waals surface area contributed by atoms with Gasteiger partial charge in [-0.2, -0.15) is 11.3 Å². The van der Waals surface area contributed by atoms with Crippen molar-refractivity contribution in [1.82, 2.24) is 0 Å². The van der Waals surface area contributed by atoms with Crippen molar-refractivity contribution in [1.29, 1.82) is 0 Å². The summed E-state index contributed by atoms with van der Waals surface area (Å²) >= 11 is 12.5. The van der Waals surface area contributed by atoms with Gasteiger partial charge in [-0.25, -0.2) is 0 Å². The van der Waals surface area contributed by atoms with E-state index in [1.165, 1.54) is 11.1 Å². The lowest BCUT2D eigenvalue weighted by Gasteiger charge is -2.11. The van der Waals surface area contributed by atoms with Crippen LogP contribution in [0.1, 0.15) is 16.0 Å². The number of thiophene rings is 1. The Labute approximate surface area is 118 Å². The third-order valence-corrected chi connectivity index (χ3v) is 5.01. The molecular formula is C11H7Br3S. The van der Waals surface area contributed by atoms with Gasteiger partial charge in [-0.1, -0.05) is 47.8 Å². The maximum atomic E-state index is 3.71. The number of alkyl halides is 1. The van der Waals surface area contributed by atoms with E-state index < -0.39 is 0 Å². The molecule has 0 saturated heterocycles. The number of rotatable bonds is 2. The zero-order valence-electron chi connectivity index (χ0n) is 7.58. The van der Waals surface area contributed by atoms with E-state index >= 15 is 0 Å². The average molecular weight is 411 g/mol. The summed E-state index contributed by atoms with van der Waals surface area (Å²) in [6.45, 7) is 0. The van der Waals surface area contributed by atoms with Crippen LogP contribution in [-0.4, -0.2) is 0 Å². The van der Waals surface area contributed by atoms with Crippen LogP contribution in [0, 0.1) is 0 Å². The van der Waals surface area contributed by atoms with Crippen LogP contribution in [0.4, 0.5) is 0 Å². The molecule has 0 aliphatic rings. The Morgan fingerprint density at radius 3 is 2.60 bits per heavy atom. The van der Waals surface area contributed by atoms with E-state index in [-0.39, 0.29) is 4.83 Å². The molecule has 0 aliphatic heterocycles. The topological polar surface area (TPSA) is 0 Å². The normalized spacial score (nSPS) is 12.7. The highest BCUT2D eigenvalue weighted by Gasteiger charge is 2.13. The van der Waals surface area contributed by atoms with Gasteiger partial charge in [-0.15, -0.1) is 0 Å². The first-order valence-corrected chi connectivity index (χ1v) is 7.74. The molecule has 0 amide bonds. The molecule has 1 aromatic carbocycles. The van der Waals surface area contributed by atoms with Gasteiger partial charge in [0.25, 0.3) is 0 Å². The van der Waals surface area contributed by atoms with Gasteiger partial charge < -0.3 is 0 Å². The Kier molecular flexibility index (Phi) is 4.04. The number of benzene rings is 1. The van der Waals surface area contributed by atoms with Crippen LogP contribution >= 0.6 is 59.1 Å². The van der Waals surface area contributed by atoms with E-state index in [0.717, 1.165) is 8.95 Å². The van der Waals surface area contributed by atoms with Crippen LogP contribution < -0.4 is 0 Å². The molecule has 0 saturated carbocycles. The SMILES string of the molecule is Brc1ccc(Br)c(C(Br)c2ccsc2)c1. The molecule has 0 nitrogen and oxygen atoms in total. The Bertz CT molecular complexity index is 451. The summed E-state index contributed by atoms with van der Waals surface area (Å²) in [6.07, 6.45) is 0. The summed E-state index contributed by atoms with van der Waals surface area (Å²) in [5.74, 6) is 0. The van der Waals surface area contributed by atoms with Crippen LogP contribution in [0.15, 0.2) is 44.0 Å². The maximum Gasteiger partial charge on any atom is 0.0664 e. The standard InChI is InChI=1S/C11H7Br3S/c12-8-1-2-10(13)9(5-8)11(14)7-3-4-15-6-7/h1-6,11H. The average Bonchev–Trinajstić information content (AvgIpc) is 2.74. The molecule has 1 heterocycles. The minimum absolute atomic E-state index is 0.246. The van der Waals surface area contributed by atoms with Crippen LogP contribution in [0.3, 0.4) is 0 Å². The highest BCUT2D eigenvalue weighted by atomic mass is 79.9. The predicted octanol–water partition coefficient (Wildman–Crippen LogP) is 5.76. The number of hydrogen-bond donors (Lipinski definition) is 0. The summed E-state index contributed by atoms with van der Waals surface area (Å²) in [5, 5.41) is 4.25. The predicted molar refractivity (Wildman–Crippen MR) is 76.9 cm³/mol. The summed E-state index contributed by atoms with van der Waals surface area (Å²) in [7, 11) is 0. The first-order valence-electron chi connectivity index (χ1n) is 4.29. The Hall–Kier alpha value is 0.360. The van der Waals surface area contributed by atoms with Gasteiger partial charge in [0.15, 0.2) is 0 Å². The lowest BCUT2D eigenvalue weighted by atomic mass is 10.1. The zero-order chi connectivity index (χ0) is 10.8. The van der Waals surface area contributed by atoms with E-state index in [9.17, 15) is 0 Å². The quantitative estimate of drug-likeness (QED) is 0.552. The first kappa shape index (κ1) is 11.8. The lowest BCUT2D eigenvalue weighted by Crippen LogP contribution is -1.91. The molecule has 2 aromatic rings. The van der Waals surface area contributed by atoms with Crippen molar-refractivity contribution in [3.63, 3.8) is 0 Å². The number of halogens is 3. The van der Waals surface area contributed by atoms with Gasteiger partial charge in [0.05, 0.1) is 4.83 Å². The molecule has 4 heteroatoms. The summed E-state index contributed by atoms with van der Waals surface area (Å²) in [5.41, 5.74) is 2.53. The van der Waals surface area contributed by atoms with Gasteiger partial charge in [0, 0.05) is 8.95 Å². The van der Waals surface area contributed by atoms with Gasteiger partial charge in [-0.05, 0) is 46.2 Å². The second-order valence-electron chi connectivity index (χ2n) is 3.09. The molecule has 78 valence electrons. The van der Waals surface area contributed by atoms with Crippen molar-refractivity contribution in [2.75, 3.05) is 0 Å². The molecule has 1 aromatic heterocycles. The third-order valence-electron chi connectivity index (χ3n) is 2.07. The molecule has 1 atom stereocenters. The molecule has 0 aliphatic carbocycles. The Morgan fingerprint density at radius 1 is 1.13 bits per heavy atom. The molecule has 15 heavy (non-hydrogen) atoms. The fourth-order valence-electron chi connectivity index (χ4n) is 1.31. The van der Waals surface area contributed by atoms with Gasteiger partial charge in [0.1, 0.15) is 0 Å². The summed E-state index contributed by atoms with van der Waals surface area (Å²) < 4.78 is 2.22. The largest absolute Gasteiger partial charge is 0.152 e. The Balaban J connectivity index is 2.41. The monoisotopic (exact) mass is 408 g/mol. The lowest BCUT2D eigenvalue weighted by molar-refractivity contribution is 1.17. The molecule has 2 rings (SSSR count). The molecule has 1 unspecified atom stereocenters. The summed E-state index contributed by atoms with van der Waals surface area (Å²) in [6, 6.07) is 8.35. The van der Waals surface area contributed by atoms with Crippen LogP contribution in [-0.2, 0) is 0 Å². The van der Waals surface area contributed by atoms with Crippen molar-refractivity contribution < 1.29 is 0 Å². The molecule has 0 spiro atoms. The van der Waals surface area contributed by atoms with Crippen LogP contribution in [0.2, 0.25) is 0 Å². The van der Waals surface area contributed by atoms with Crippen molar-refractivity contribution in [3.8, 4) is 0 Å². The highest BCUT2D eigenvalue weighted by molar-refractivity contribution is 9.11. The smallest absolute Gasteiger partial charge is 0.0664 e. The maximum absolute atomic E-state index is 3.71. The van der Waals surface area contributed by atoms with E-state index in [0.29, 0.717) is 0 Å². The molecule has 0 N–H and O–H groups in total. The zero-order valence-corrected chi connectivity index (χ0v) is 13.2. The second kappa shape index (κ2) is 5.13. The third kappa shape index (κ3) is 2.73. The summed E-state index contributed by atoms with van der Waals surface area (Å²) in [4.78, 5) is 0.246. The second-order valence-corrected chi connectivity index (χ2v) is 6.55. The molecular weight excluding hydrogens is 404 g/mol. The van der Waals surface area contributed by atoms with Crippen LogP contribution in [0.25, 0.3) is 0 Å².